The largest absolute Gasteiger partial charge is 0.487 e. The van der Waals surface area contributed by atoms with Gasteiger partial charge in [-0.25, -0.2) is 0 Å². The van der Waals surface area contributed by atoms with Crippen molar-refractivity contribution in [1.82, 2.24) is 20.1 Å². The van der Waals surface area contributed by atoms with Crippen molar-refractivity contribution >= 4 is 5.91 Å². The van der Waals surface area contributed by atoms with E-state index >= 15 is 0 Å². The van der Waals surface area contributed by atoms with Crippen LogP contribution in [0.15, 0.2) is 60.8 Å². The lowest BCUT2D eigenvalue weighted by molar-refractivity contribution is 0.0721. The molecule has 0 bridgehead atoms. The summed E-state index contributed by atoms with van der Waals surface area (Å²) in [5.41, 5.74) is 2.07. The van der Waals surface area contributed by atoms with Gasteiger partial charge in [-0.1, -0.05) is 24.3 Å². The van der Waals surface area contributed by atoms with Crippen molar-refractivity contribution in [3.05, 3.63) is 77.9 Å². The van der Waals surface area contributed by atoms with E-state index < -0.39 is 0 Å². The number of H-pyrrole nitrogens is 1. The van der Waals surface area contributed by atoms with E-state index in [1.165, 1.54) is 0 Å². The maximum atomic E-state index is 12.9. The lowest BCUT2D eigenvalue weighted by atomic mass is 10.2. The zero-order valence-corrected chi connectivity index (χ0v) is 14.3. The van der Waals surface area contributed by atoms with Gasteiger partial charge in [-0.15, -0.1) is 0 Å². The van der Waals surface area contributed by atoms with Crippen LogP contribution in [-0.2, 0) is 13.2 Å². The third kappa shape index (κ3) is 3.91. The summed E-state index contributed by atoms with van der Waals surface area (Å²) in [5.74, 6) is 0.713. The number of aromatic amines is 1. The van der Waals surface area contributed by atoms with Crippen molar-refractivity contribution in [3.63, 3.8) is 0 Å². The van der Waals surface area contributed by atoms with E-state index in [0.717, 1.165) is 30.0 Å². The molecule has 1 N–H and O–H groups in total. The Kier molecular flexibility index (Phi) is 4.64. The van der Waals surface area contributed by atoms with E-state index in [0.29, 0.717) is 18.8 Å². The first-order valence-electron chi connectivity index (χ1n) is 8.72. The zero-order valence-electron chi connectivity index (χ0n) is 14.3. The number of benzene rings is 1. The molecule has 0 spiro atoms. The summed E-state index contributed by atoms with van der Waals surface area (Å²) >= 11 is 0. The van der Waals surface area contributed by atoms with Crippen LogP contribution in [-0.4, -0.2) is 32.0 Å². The molecule has 0 aliphatic heterocycles. The molecular weight excluding hydrogens is 328 g/mol. The third-order valence-corrected chi connectivity index (χ3v) is 4.29. The van der Waals surface area contributed by atoms with Crippen molar-refractivity contribution < 1.29 is 9.53 Å². The van der Waals surface area contributed by atoms with Gasteiger partial charge < -0.3 is 9.64 Å². The van der Waals surface area contributed by atoms with Crippen LogP contribution >= 0.6 is 0 Å². The highest BCUT2D eigenvalue weighted by Crippen LogP contribution is 2.29. The molecule has 1 amide bonds. The number of nitrogens with zero attached hydrogens (tertiary/aromatic N) is 3. The van der Waals surface area contributed by atoms with Gasteiger partial charge in [0.2, 0.25) is 0 Å². The highest BCUT2D eigenvalue weighted by Gasteiger charge is 2.34. The number of hydrogen-bond acceptors (Lipinski definition) is 4. The summed E-state index contributed by atoms with van der Waals surface area (Å²) in [6.07, 6.45) is 3.82. The van der Waals surface area contributed by atoms with Crippen molar-refractivity contribution in [2.75, 3.05) is 0 Å². The van der Waals surface area contributed by atoms with Crippen LogP contribution in [0.5, 0.6) is 5.75 Å². The minimum absolute atomic E-state index is 0.0691. The molecule has 0 radical (unpaired) electrons. The van der Waals surface area contributed by atoms with Gasteiger partial charge in [0.05, 0.1) is 17.9 Å². The Bertz CT molecular complexity index is 860. The molecule has 2 heterocycles. The second-order valence-corrected chi connectivity index (χ2v) is 6.37. The number of pyridine rings is 1. The maximum Gasteiger partial charge on any atom is 0.274 e. The van der Waals surface area contributed by atoms with Gasteiger partial charge in [-0.05, 0) is 43.2 Å². The smallest absolute Gasteiger partial charge is 0.274 e. The molecule has 4 rings (SSSR count). The molecule has 1 fully saturated rings. The number of ether oxygens (including phenoxy) is 1. The summed E-state index contributed by atoms with van der Waals surface area (Å²) < 4.78 is 5.69. The lowest BCUT2D eigenvalue weighted by Crippen LogP contribution is -2.33. The van der Waals surface area contributed by atoms with Gasteiger partial charge in [0.25, 0.3) is 5.91 Å². The molecule has 1 aliphatic carbocycles. The Labute approximate surface area is 151 Å². The van der Waals surface area contributed by atoms with Gasteiger partial charge in [0.15, 0.2) is 5.69 Å². The van der Waals surface area contributed by atoms with Crippen LogP contribution < -0.4 is 4.74 Å². The standard InChI is InChI=1S/C20H20N4O2/c25-20(24(17-9-10-17)13-15-6-4-5-11-21-15)19-12-16(22-23-19)14-26-18-7-2-1-3-8-18/h1-8,11-12,17H,9-10,13-14H2,(H,22,23). The van der Waals surface area contributed by atoms with Crippen LogP contribution in [0.1, 0.15) is 34.7 Å². The monoisotopic (exact) mass is 348 g/mol. The highest BCUT2D eigenvalue weighted by molar-refractivity contribution is 5.92. The van der Waals surface area contributed by atoms with Crippen LogP contribution in [0.4, 0.5) is 0 Å². The van der Waals surface area contributed by atoms with Gasteiger partial charge in [0.1, 0.15) is 12.4 Å². The number of aromatic nitrogens is 3. The topological polar surface area (TPSA) is 71.1 Å². The van der Waals surface area contributed by atoms with Crippen LogP contribution in [0.25, 0.3) is 0 Å². The van der Waals surface area contributed by atoms with Gasteiger partial charge in [-0.3, -0.25) is 14.9 Å². The van der Waals surface area contributed by atoms with Crippen LogP contribution in [0.2, 0.25) is 0 Å². The first kappa shape index (κ1) is 16.3. The van der Waals surface area contributed by atoms with Crippen molar-refractivity contribution in [2.45, 2.75) is 32.0 Å². The number of carbonyl (C=O) groups is 1. The molecule has 132 valence electrons. The minimum Gasteiger partial charge on any atom is -0.487 e. The molecule has 1 aromatic carbocycles. The van der Waals surface area contributed by atoms with E-state index in [4.69, 9.17) is 4.74 Å². The molecule has 2 aromatic heterocycles. The number of amides is 1. The Morgan fingerprint density at radius 2 is 1.96 bits per heavy atom. The summed E-state index contributed by atoms with van der Waals surface area (Å²) in [7, 11) is 0. The lowest BCUT2D eigenvalue weighted by Gasteiger charge is -2.20. The van der Waals surface area contributed by atoms with E-state index in [2.05, 4.69) is 15.2 Å². The molecule has 3 aromatic rings. The van der Waals surface area contributed by atoms with E-state index in [1.54, 1.807) is 12.3 Å². The predicted octanol–water partition coefficient (Wildman–Crippen LogP) is 3.19. The normalized spacial score (nSPS) is 13.4. The number of carbonyl (C=O) groups excluding carboxylic acids is 1. The Balaban J connectivity index is 1.42. The second kappa shape index (κ2) is 7.39. The summed E-state index contributed by atoms with van der Waals surface area (Å²) in [6, 6.07) is 17.4. The summed E-state index contributed by atoms with van der Waals surface area (Å²) in [4.78, 5) is 19.1. The van der Waals surface area contributed by atoms with E-state index in [9.17, 15) is 4.79 Å². The molecule has 0 atom stereocenters. The maximum absolute atomic E-state index is 12.9. The fourth-order valence-electron chi connectivity index (χ4n) is 2.79. The summed E-state index contributed by atoms with van der Waals surface area (Å²) in [5, 5.41) is 7.08. The molecule has 0 saturated heterocycles. The SMILES string of the molecule is O=C(c1cc(COc2ccccc2)[nH]n1)N(Cc1ccccn1)C1CC1. The fraction of sp³-hybridized carbons (Fsp3) is 0.250. The number of rotatable bonds is 7. The molecular formula is C20H20N4O2. The van der Waals surface area contributed by atoms with Crippen LogP contribution in [0, 0.1) is 0 Å². The van der Waals surface area contributed by atoms with E-state index in [1.807, 2.05) is 53.4 Å². The van der Waals surface area contributed by atoms with Crippen LogP contribution in [0.3, 0.4) is 0 Å². The molecule has 0 unspecified atom stereocenters. The molecule has 6 heteroatoms. The number of hydrogen-bond donors (Lipinski definition) is 1. The van der Waals surface area contributed by atoms with E-state index in [-0.39, 0.29) is 11.9 Å². The average Bonchev–Trinajstić information content (AvgIpc) is 3.42. The average molecular weight is 348 g/mol. The zero-order chi connectivity index (χ0) is 17.8. The number of para-hydroxylation sites is 1. The second-order valence-electron chi connectivity index (χ2n) is 6.37. The number of nitrogens with one attached hydrogen (secondary N) is 1. The van der Waals surface area contributed by atoms with Gasteiger partial charge >= 0.3 is 0 Å². The highest BCUT2D eigenvalue weighted by atomic mass is 16.5. The Morgan fingerprint density at radius 3 is 2.69 bits per heavy atom. The van der Waals surface area contributed by atoms with Crippen molar-refractivity contribution in [2.24, 2.45) is 0 Å². The van der Waals surface area contributed by atoms with Crippen molar-refractivity contribution in [3.8, 4) is 5.75 Å². The fourth-order valence-corrected chi connectivity index (χ4v) is 2.79. The molecule has 26 heavy (non-hydrogen) atoms. The first-order valence-corrected chi connectivity index (χ1v) is 8.72. The molecule has 1 aliphatic rings. The first-order chi connectivity index (χ1) is 12.8. The Morgan fingerprint density at radius 1 is 1.15 bits per heavy atom. The quantitative estimate of drug-likeness (QED) is 0.712. The Hall–Kier alpha value is -3.15. The molecule has 6 nitrogen and oxygen atoms in total. The third-order valence-electron chi connectivity index (χ3n) is 4.29. The molecule has 1 saturated carbocycles. The minimum atomic E-state index is -0.0691. The van der Waals surface area contributed by atoms with Crippen molar-refractivity contribution in [1.29, 1.82) is 0 Å². The predicted molar refractivity (Wildman–Crippen MR) is 96.5 cm³/mol. The summed E-state index contributed by atoms with van der Waals surface area (Å²) in [6.45, 7) is 0.848. The van der Waals surface area contributed by atoms with Gasteiger partial charge in [0, 0.05) is 12.2 Å². The van der Waals surface area contributed by atoms with Gasteiger partial charge in [-0.2, -0.15) is 5.10 Å².